The topological polar surface area (TPSA) is 159 Å². The van der Waals surface area contributed by atoms with Gasteiger partial charge in [-0.25, -0.2) is 13.9 Å². The third kappa shape index (κ3) is 5.16. The van der Waals surface area contributed by atoms with Gasteiger partial charge in [0.15, 0.2) is 0 Å². The third-order valence-electron chi connectivity index (χ3n) is 3.86. The van der Waals surface area contributed by atoms with Crippen molar-refractivity contribution in [3.8, 4) is 16.8 Å². The predicted molar refractivity (Wildman–Crippen MR) is 106 cm³/mol. The highest BCUT2D eigenvalue weighted by molar-refractivity contribution is 5.93. The number of nitrogens with one attached hydrogen (secondary N) is 1. The zero-order valence-corrected chi connectivity index (χ0v) is 15.4. The van der Waals surface area contributed by atoms with Crippen molar-refractivity contribution in [3.05, 3.63) is 65.7 Å². The second-order valence-corrected chi connectivity index (χ2v) is 5.80. The number of hydrogen-bond acceptors (Lipinski definition) is 4. The Labute approximate surface area is 165 Å². The van der Waals surface area contributed by atoms with E-state index >= 15 is 0 Å². The van der Waals surface area contributed by atoms with Crippen LogP contribution in [0.4, 0.5) is 14.9 Å². The first-order valence-electron chi connectivity index (χ1n) is 8.25. The summed E-state index contributed by atoms with van der Waals surface area (Å²) in [5.41, 5.74) is 17.5. The van der Waals surface area contributed by atoms with Crippen LogP contribution in [0.2, 0.25) is 0 Å². The molecule has 0 radical (unpaired) electrons. The highest BCUT2D eigenvalue weighted by Gasteiger charge is 2.11. The van der Waals surface area contributed by atoms with Crippen molar-refractivity contribution in [2.24, 2.45) is 17.2 Å². The SMILES string of the molecule is Cc1nn(-c2ccc(-c3ccc(C(N)=O)c(F)c3)cc2)cc1NC(N)=O.NC=O. The fourth-order valence-corrected chi connectivity index (χ4v) is 2.55. The van der Waals surface area contributed by atoms with Gasteiger partial charge in [0.25, 0.3) is 5.91 Å². The molecule has 0 saturated heterocycles. The van der Waals surface area contributed by atoms with Gasteiger partial charge in [0.2, 0.25) is 6.41 Å². The Kier molecular flexibility index (Phi) is 6.64. The van der Waals surface area contributed by atoms with Crippen LogP contribution in [0.15, 0.2) is 48.7 Å². The number of carbonyl (C=O) groups excluding carboxylic acids is 3. The first-order chi connectivity index (χ1) is 13.8. The molecule has 0 spiro atoms. The van der Waals surface area contributed by atoms with Crippen molar-refractivity contribution in [2.45, 2.75) is 6.92 Å². The van der Waals surface area contributed by atoms with Gasteiger partial charge in [0, 0.05) is 0 Å². The summed E-state index contributed by atoms with van der Waals surface area (Å²) in [6.07, 6.45) is 1.90. The van der Waals surface area contributed by atoms with E-state index in [1.54, 1.807) is 48.1 Å². The van der Waals surface area contributed by atoms with E-state index in [1.807, 2.05) is 0 Å². The van der Waals surface area contributed by atoms with Crippen LogP contribution in [-0.2, 0) is 4.79 Å². The third-order valence-corrected chi connectivity index (χ3v) is 3.86. The molecule has 0 atom stereocenters. The van der Waals surface area contributed by atoms with Crippen LogP contribution < -0.4 is 22.5 Å². The monoisotopic (exact) mass is 398 g/mol. The number of amides is 4. The van der Waals surface area contributed by atoms with Gasteiger partial charge in [-0.2, -0.15) is 5.10 Å². The Hall–Kier alpha value is -4.21. The normalized spacial score (nSPS) is 9.86. The van der Waals surface area contributed by atoms with E-state index in [-0.39, 0.29) is 12.0 Å². The molecule has 0 bridgehead atoms. The lowest BCUT2D eigenvalue weighted by Gasteiger charge is -2.06. The number of carbonyl (C=O) groups is 3. The Bertz CT molecular complexity index is 1050. The first kappa shape index (κ1) is 21.1. The quantitative estimate of drug-likeness (QED) is 0.493. The molecular weight excluding hydrogens is 379 g/mol. The van der Waals surface area contributed by atoms with Gasteiger partial charge >= 0.3 is 6.03 Å². The maximum atomic E-state index is 13.9. The van der Waals surface area contributed by atoms with E-state index in [0.717, 1.165) is 11.3 Å². The molecule has 10 heteroatoms. The highest BCUT2D eigenvalue weighted by Crippen LogP contribution is 2.24. The number of aromatic nitrogens is 2. The van der Waals surface area contributed by atoms with Crippen LogP contribution in [0, 0.1) is 12.7 Å². The number of urea groups is 1. The average molecular weight is 398 g/mol. The molecule has 1 aromatic heterocycles. The second-order valence-electron chi connectivity index (χ2n) is 5.80. The zero-order chi connectivity index (χ0) is 21.6. The van der Waals surface area contributed by atoms with Gasteiger partial charge in [0.1, 0.15) is 5.82 Å². The van der Waals surface area contributed by atoms with Gasteiger partial charge in [-0.05, 0) is 42.3 Å². The largest absolute Gasteiger partial charge is 0.372 e. The molecule has 7 N–H and O–H groups in total. The minimum atomic E-state index is -0.807. The second kappa shape index (κ2) is 9.13. The van der Waals surface area contributed by atoms with E-state index in [9.17, 15) is 14.0 Å². The lowest BCUT2D eigenvalue weighted by molar-refractivity contribution is -0.106. The van der Waals surface area contributed by atoms with E-state index in [4.69, 9.17) is 16.3 Å². The Morgan fingerprint density at radius 1 is 1.10 bits per heavy atom. The maximum absolute atomic E-state index is 13.9. The van der Waals surface area contributed by atoms with Gasteiger partial charge in [-0.3, -0.25) is 9.59 Å². The molecule has 0 saturated carbocycles. The number of halogens is 1. The predicted octanol–water partition coefficient (Wildman–Crippen LogP) is 1.68. The fourth-order valence-electron chi connectivity index (χ4n) is 2.55. The van der Waals surface area contributed by atoms with Crippen LogP contribution in [0.5, 0.6) is 0 Å². The summed E-state index contributed by atoms with van der Waals surface area (Å²) < 4.78 is 15.5. The minimum absolute atomic E-state index is 0.146. The van der Waals surface area contributed by atoms with Crippen molar-refractivity contribution < 1.29 is 18.8 Å². The zero-order valence-electron chi connectivity index (χ0n) is 15.4. The molecule has 0 aliphatic rings. The minimum Gasteiger partial charge on any atom is -0.372 e. The fraction of sp³-hybridized carbons (Fsp3) is 0.0526. The van der Waals surface area contributed by atoms with Gasteiger partial charge in [-0.1, -0.05) is 18.2 Å². The molecule has 9 nitrogen and oxygen atoms in total. The number of nitrogens with zero attached hydrogens (tertiary/aromatic N) is 2. The lowest BCUT2D eigenvalue weighted by atomic mass is 10.0. The molecule has 150 valence electrons. The van der Waals surface area contributed by atoms with Crippen LogP contribution in [-0.4, -0.2) is 28.1 Å². The summed E-state index contributed by atoms with van der Waals surface area (Å²) in [4.78, 5) is 30.7. The standard InChI is InChI=1S/C18H16FN5O2.CH3NO/c1-10-16(22-18(21)26)9-24(23-10)13-5-2-11(3-6-13)12-4-7-14(17(20)25)15(19)8-12;2-1-3/h2-9H,1H3,(H2,20,25)(H3,21,22,26);1H,(H2,2,3). The molecule has 29 heavy (non-hydrogen) atoms. The lowest BCUT2D eigenvalue weighted by Crippen LogP contribution is -2.19. The summed E-state index contributed by atoms with van der Waals surface area (Å²) in [5, 5.41) is 6.81. The van der Waals surface area contributed by atoms with Gasteiger partial charge in [0.05, 0.1) is 28.8 Å². The molecule has 0 aliphatic carbocycles. The van der Waals surface area contributed by atoms with E-state index in [2.05, 4.69) is 16.1 Å². The van der Waals surface area contributed by atoms with Gasteiger partial charge < -0.3 is 22.5 Å². The number of rotatable bonds is 4. The van der Waals surface area contributed by atoms with Crippen molar-refractivity contribution in [1.29, 1.82) is 0 Å². The number of hydrogen-bond donors (Lipinski definition) is 4. The van der Waals surface area contributed by atoms with Crippen LogP contribution in [0.25, 0.3) is 16.8 Å². The Balaban J connectivity index is 0.000000941. The molecule has 1 heterocycles. The smallest absolute Gasteiger partial charge is 0.316 e. The molecule has 3 aromatic rings. The summed E-state index contributed by atoms with van der Waals surface area (Å²) in [7, 11) is 0. The van der Waals surface area contributed by atoms with Crippen molar-refractivity contribution >= 4 is 24.0 Å². The molecule has 0 aliphatic heterocycles. The molecule has 0 unspecified atom stereocenters. The Morgan fingerprint density at radius 3 is 2.21 bits per heavy atom. The molecule has 2 aromatic carbocycles. The van der Waals surface area contributed by atoms with Crippen LogP contribution in [0.1, 0.15) is 16.1 Å². The summed E-state index contributed by atoms with van der Waals surface area (Å²) in [6, 6.07) is 10.8. The molecule has 4 amide bonds. The van der Waals surface area contributed by atoms with E-state index < -0.39 is 17.8 Å². The van der Waals surface area contributed by atoms with Gasteiger partial charge in [-0.15, -0.1) is 0 Å². The number of benzene rings is 2. The summed E-state index contributed by atoms with van der Waals surface area (Å²) in [5.74, 6) is -1.47. The average Bonchev–Trinajstić information content (AvgIpc) is 3.02. The van der Waals surface area contributed by atoms with Crippen molar-refractivity contribution in [3.63, 3.8) is 0 Å². The maximum Gasteiger partial charge on any atom is 0.316 e. The van der Waals surface area contributed by atoms with E-state index in [1.165, 1.54) is 12.1 Å². The first-order valence-corrected chi connectivity index (χ1v) is 8.25. The number of anilines is 1. The number of primary amides is 3. The Morgan fingerprint density at radius 2 is 1.69 bits per heavy atom. The van der Waals surface area contributed by atoms with Crippen LogP contribution >= 0.6 is 0 Å². The molecule has 0 fully saturated rings. The van der Waals surface area contributed by atoms with E-state index in [0.29, 0.717) is 16.9 Å². The summed E-state index contributed by atoms with van der Waals surface area (Å²) >= 11 is 0. The molecular formula is C19H19FN6O3. The van der Waals surface area contributed by atoms with Crippen molar-refractivity contribution in [1.82, 2.24) is 9.78 Å². The number of aryl methyl sites for hydroxylation is 1. The van der Waals surface area contributed by atoms with Crippen LogP contribution in [0.3, 0.4) is 0 Å². The number of nitrogens with two attached hydrogens (primary N) is 3. The molecule has 3 rings (SSSR count). The van der Waals surface area contributed by atoms with Crippen molar-refractivity contribution in [2.75, 3.05) is 5.32 Å². The highest BCUT2D eigenvalue weighted by atomic mass is 19.1. The summed E-state index contributed by atoms with van der Waals surface area (Å²) in [6.45, 7) is 1.75.